The van der Waals surface area contributed by atoms with Crippen molar-refractivity contribution in [3.05, 3.63) is 76.7 Å². The second-order valence-electron chi connectivity index (χ2n) is 7.48. The number of rotatable bonds is 3. The molecule has 0 radical (unpaired) electrons. The van der Waals surface area contributed by atoms with E-state index in [1.807, 2.05) is 49.1 Å². The minimum atomic E-state index is -0.172. The van der Waals surface area contributed by atoms with Gasteiger partial charge in [0, 0.05) is 43.7 Å². The number of amides is 1. The molecule has 2 heterocycles. The molecule has 0 N–H and O–H groups in total. The molecule has 0 spiro atoms. The van der Waals surface area contributed by atoms with Crippen molar-refractivity contribution in [2.45, 2.75) is 20.4 Å². The van der Waals surface area contributed by atoms with E-state index in [1.165, 1.54) is 6.07 Å². The van der Waals surface area contributed by atoms with E-state index in [9.17, 15) is 9.18 Å². The van der Waals surface area contributed by atoms with Gasteiger partial charge in [-0.2, -0.15) is 0 Å². The van der Waals surface area contributed by atoms with Gasteiger partial charge in [0.2, 0.25) is 0 Å². The average molecular weight is 377 g/mol. The fourth-order valence-corrected chi connectivity index (χ4v) is 3.76. The summed E-state index contributed by atoms with van der Waals surface area (Å²) in [5.41, 5.74) is 4.19. The van der Waals surface area contributed by atoms with Crippen molar-refractivity contribution >= 4 is 16.8 Å². The predicted octanol–water partition coefficient (Wildman–Crippen LogP) is 3.95. The second kappa shape index (κ2) is 7.68. The van der Waals surface area contributed by atoms with Crippen LogP contribution in [0, 0.1) is 19.7 Å². The topological polar surface area (TPSA) is 36.4 Å². The van der Waals surface area contributed by atoms with Crippen LogP contribution in [0.4, 0.5) is 4.39 Å². The van der Waals surface area contributed by atoms with E-state index in [1.54, 1.807) is 6.07 Å². The van der Waals surface area contributed by atoms with E-state index >= 15 is 0 Å². The Hall–Kier alpha value is -2.79. The molecule has 4 nitrogen and oxygen atoms in total. The van der Waals surface area contributed by atoms with Gasteiger partial charge in [0.15, 0.2) is 0 Å². The summed E-state index contributed by atoms with van der Waals surface area (Å²) in [6, 6.07) is 14.9. The third-order valence-electron chi connectivity index (χ3n) is 5.40. The molecule has 0 atom stereocenters. The van der Waals surface area contributed by atoms with Crippen molar-refractivity contribution in [1.82, 2.24) is 14.8 Å². The summed E-state index contributed by atoms with van der Waals surface area (Å²) in [6.07, 6.45) is 0. The number of benzene rings is 2. The zero-order valence-electron chi connectivity index (χ0n) is 16.3. The van der Waals surface area contributed by atoms with Gasteiger partial charge in [0.25, 0.3) is 5.91 Å². The molecule has 1 aliphatic rings. The minimum Gasteiger partial charge on any atom is -0.336 e. The Morgan fingerprint density at radius 2 is 1.79 bits per heavy atom. The first-order chi connectivity index (χ1) is 13.5. The van der Waals surface area contributed by atoms with Crippen LogP contribution in [0.5, 0.6) is 0 Å². The third-order valence-corrected chi connectivity index (χ3v) is 5.40. The summed E-state index contributed by atoms with van der Waals surface area (Å²) in [5, 5.41) is 0.993. The number of piperazine rings is 1. The summed E-state index contributed by atoms with van der Waals surface area (Å²) >= 11 is 0. The first kappa shape index (κ1) is 18.6. The highest BCUT2D eigenvalue weighted by Gasteiger charge is 2.24. The molecule has 0 unspecified atom stereocenters. The lowest BCUT2D eigenvalue weighted by Crippen LogP contribution is -2.48. The molecule has 1 fully saturated rings. The van der Waals surface area contributed by atoms with Gasteiger partial charge in [-0.05, 0) is 38.1 Å². The maximum atomic E-state index is 13.9. The molecule has 3 aromatic rings. The summed E-state index contributed by atoms with van der Waals surface area (Å²) in [6.45, 7) is 7.25. The molecule has 5 heteroatoms. The molecule has 28 heavy (non-hydrogen) atoms. The summed E-state index contributed by atoms with van der Waals surface area (Å²) in [4.78, 5) is 21.8. The van der Waals surface area contributed by atoms with E-state index in [0.29, 0.717) is 30.8 Å². The number of nitrogens with zero attached hydrogens (tertiary/aromatic N) is 3. The number of hydrogen-bond donors (Lipinski definition) is 0. The van der Waals surface area contributed by atoms with Gasteiger partial charge in [0.05, 0.1) is 16.8 Å². The Morgan fingerprint density at radius 1 is 1.04 bits per heavy atom. The Morgan fingerprint density at radius 3 is 2.54 bits per heavy atom. The zero-order chi connectivity index (χ0) is 19.7. The summed E-state index contributed by atoms with van der Waals surface area (Å²) < 4.78 is 13.9. The SMILES string of the molecule is Cc1ccc2nc(C)c(C(=O)N3CCN(Cc4ccccc4F)CC3)cc2c1. The Balaban J connectivity index is 1.46. The largest absolute Gasteiger partial charge is 0.336 e. The molecule has 1 aliphatic heterocycles. The smallest absolute Gasteiger partial charge is 0.255 e. The second-order valence-corrected chi connectivity index (χ2v) is 7.48. The molecule has 144 valence electrons. The van der Waals surface area contributed by atoms with E-state index in [0.717, 1.165) is 35.2 Å². The van der Waals surface area contributed by atoms with E-state index in [4.69, 9.17) is 0 Å². The zero-order valence-corrected chi connectivity index (χ0v) is 16.3. The minimum absolute atomic E-state index is 0.0268. The maximum absolute atomic E-state index is 13.9. The van der Waals surface area contributed by atoms with Gasteiger partial charge in [-0.3, -0.25) is 14.7 Å². The highest BCUT2D eigenvalue weighted by molar-refractivity contribution is 5.98. The van der Waals surface area contributed by atoms with Crippen molar-refractivity contribution in [2.24, 2.45) is 0 Å². The molecule has 0 saturated carbocycles. The van der Waals surface area contributed by atoms with Crippen molar-refractivity contribution < 1.29 is 9.18 Å². The Labute approximate surface area is 164 Å². The predicted molar refractivity (Wildman–Crippen MR) is 109 cm³/mol. The van der Waals surface area contributed by atoms with Crippen LogP contribution in [0.2, 0.25) is 0 Å². The van der Waals surface area contributed by atoms with E-state index in [2.05, 4.69) is 16.0 Å². The molecule has 1 saturated heterocycles. The van der Waals surface area contributed by atoms with Gasteiger partial charge in [-0.25, -0.2) is 4.39 Å². The van der Waals surface area contributed by atoms with Crippen molar-refractivity contribution in [2.75, 3.05) is 26.2 Å². The van der Waals surface area contributed by atoms with Crippen LogP contribution in [-0.2, 0) is 6.54 Å². The standard InChI is InChI=1S/C23H24FN3O/c1-16-7-8-22-19(13-16)14-20(17(2)25-22)23(28)27-11-9-26(10-12-27)15-18-5-3-4-6-21(18)24/h3-8,13-14H,9-12,15H2,1-2H3. The first-order valence-corrected chi connectivity index (χ1v) is 9.64. The molecule has 1 amide bonds. The molecule has 0 aliphatic carbocycles. The van der Waals surface area contributed by atoms with Gasteiger partial charge >= 0.3 is 0 Å². The lowest BCUT2D eigenvalue weighted by Gasteiger charge is -2.35. The third kappa shape index (κ3) is 3.76. The van der Waals surface area contributed by atoms with Gasteiger partial charge in [0.1, 0.15) is 5.82 Å². The fourth-order valence-electron chi connectivity index (χ4n) is 3.76. The van der Waals surface area contributed by atoms with Gasteiger partial charge in [-0.15, -0.1) is 0 Å². The van der Waals surface area contributed by atoms with Gasteiger partial charge < -0.3 is 4.90 Å². The van der Waals surface area contributed by atoms with Crippen molar-refractivity contribution in [3.63, 3.8) is 0 Å². The number of fused-ring (bicyclic) bond motifs is 1. The normalized spacial score (nSPS) is 15.2. The number of halogens is 1. The lowest BCUT2D eigenvalue weighted by atomic mass is 10.1. The molecule has 2 aromatic carbocycles. The number of hydrogen-bond acceptors (Lipinski definition) is 3. The average Bonchev–Trinajstić information content (AvgIpc) is 2.69. The van der Waals surface area contributed by atoms with E-state index in [-0.39, 0.29) is 11.7 Å². The first-order valence-electron chi connectivity index (χ1n) is 9.64. The van der Waals surface area contributed by atoms with Crippen LogP contribution in [0.1, 0.15) is 27.2 Å². The number of carbonyl (C=O) groups is 1. The molecule has 4 rings (SSSR count). The Kier molecular flexibility index (Phi) is 5.09. The van der Waals surface area contributed by atoms with Crippen LogP contribution in [0.15, 0.2) is 48.5 Å². The van der Waals surface area contributed by atoms with Crippen LogP contribution >= 0.6 is 0 Å². The van der Waals surface area contributed by atoms with Crippen LogP contribution in [0.3, 0.4) is 0 Å². The molecule has 0 bridgehead atoms. The fraction of sp³-hybridized carbons (Fsp3) is 0.304. The molecule has 1 aromatic heterocycles. The Bertz CT molecular complexity index is 1030. The van der Waals surface area contributed by atoms with Crippen LogP contribution in [-0.4, -0.2) is 46.9 Å². The maximum Gasteiger partial charge on any atom is 0.255 e. The van der Waals surface area contributed by atoms with Gasteiger partial charge in [-0.1, -0.05) is 29.8 Å². The summed E-state index contributed by atoms with van der Waals surface area (Å²) in [7, 11) is 0. The lowest BCUT2D eigenvalue weighted by molar-refractivity contribution is 0.0626. The summed E-state index contributed by atoms with van der Waals surface area (Å²) in [5.74, 6) is -0.145. The van der Waals surface area contributed by atoms with Crippen LogP contribution in [0.25, 0.3) is 10.9 Å². The quantitative estimate of drug-likeness (QED) is 0.693. The monoisotopic (exact) mass is 377 g/mol. The number of aromatic nitrogens is 1. The number of aryl methyl sites for hydroxylation is 2. The van der Waals surface area contributed by atoms with Crippen molar-refractivity contribution in [3.8, 4) is 0 Å². The van der Waals surface area contributed by atoms with Crippen molar-refractivity contribution in [1.29, 1.82) is 0 Å². The number of pyridine rings is 1. The molecular weight excluding hydrogens is 353 g/mol. The highest BCUT2D eigenvalue weighted by atomic mass is 19.1. The number of carbonyl (C=O) groups excluding carboxylic acids is 1. The van der Waals surface area contributed by atoms with Crippen LogP contribution < -0.4 is 0 Å². The molecular formula is C23H24FN3O. The van der Waals surface area contributed by atoms with E-state index < -0.39 is 0 Å². The highest BCUT2D eigenvalue weighted by Crippen LogP contribution is 2.20.